The Morgan fingerprint density at radius 3 is 3.09 bits per heavy atom. The van der Waals surface area contributed by atoms with Gasteiger partial charge in [0.15, 0.2) is 0 Å². The number of benzene rings is 1. The molecule has 4 nitrogen and oxygen atoms in total. The van der Waals surface area contributed by atoms with Crippen LogP contribution in [0.25, 0.3) is 0 Å². The molecule has 0 radical (unpaired) electrons. The van der Waals surface area contributed by atoms with Crippen LogP contribution in [-0.2, 0) is 0 Å². The van der Waals surface area contributed by atoms with Gasteiger partial charge in [-0.15, -0.1) is 11.3 Å². The van der Waals surface area contributed by atoms with Crippen molar-refractivity contribution in [2.75, 3.05) is 6.54 Å². The van der Waals surface area contributed by atoms with E-state index in [-0.39, 0.29) is 6.04 Å². The van der Waals surface area contributed by atoms with Gasteiger partial charge in [0.25, 0.3) is 0 Å². The fraction of sp³-hybridized carbons (Fsp3) is 0.294. The van der Waals surface area contributed by atoms with E-state index in [4.69, 9.17) is 0 Å². The molecule has 0 saturated carbocycles. The van der Waals surface area contributed by atoms with E-state index < -0.39 is 0 Å². The van der Waals surface area contributed by atoms with Crippen LogP contribution in [0.3, 0.4) is 0 Å². The van der Waals surface area contributed by atoms with Crippen LogP contribution in [0.5, 0.6) is 0 Å². The molecule has 1 aromatic carbocycles. The number of hydrazone groups is 1. The van der Waals surface area contributed by atoms with Gasteiger partial charge in [0.1, 0.15) is 0 Å². The number of nitrogens with one attached hydrogen (secondary N) is 1. The van der Waals surface area contributed by atoms with Crippen LogP contribution in [-0.4, -0.2) is 23.7 Å². The predicted molar refractivity (Wildman–Crippen MR) is 100 cm³/mol. The Bertz CT molecular complexity index is 694. The monoisotopic (exact) mass is 344 g/mol. The lowest BCUT2D eigenvalue weighted by Gasteiger charge is -2.24. The molecule has 0 aliphatic carbocycles. The minimum absolute atomic E-state index is 0.242. The molecule has 2 heterocycles. The number of hydrogen-bond acceptors (Lipinski definition) is 4. The number of aliphatic imine (C=N–C) groups is 1. The molecule has 6 heteroatoms. The number of aryl methyl sites for hydroxylation is 1. The molecule has 1 N–H and O–H groups in total. The third-order valence-electron chi connectivity index (χ3n) is 3.48. The maximum absolute atomic E-state index is 4.61. The molecule has 1 atom stereocenters. The number of rotatable bonds is 4. The van der Waals surface area contributed by atoms with Crippen molar-refractivity contribution in [2.45, 2.75) is 31.2 Å². The van der Waals surface area contributed by atoms with Gasteiger partial charge in [0, 0.05) is 29.0 Å². The van der Waals surface area contributed by atoms with Crippen molar-refractivity contribution in [1.29, 1.82) is 0 Å². The smallest absolute Gasteiger partial charge is 0.225 e. The average Bonchev–Trinajstić information content (AvgIpc) is 3.22. The highest BCUT2D eigenvalue weighted by molar-refractivity contribution is 7.98. The first-order chi connectivity index (χ1) is 11.3. The van der Waals surface area contributed by atoms with Gasteiger partial charge in [-0.05, 0) is 54.9 Å². The number of nitrogens with zero attached hydrogens (tertiary/aromatic N) is 3. The van der Waals surface area contributed by atoms with Crippen molar-refractivity contribution in [3.8, 4) is 0 Å². The molecule has 0 spiro atoms. The maximum Gasteiger partial charge on any atom is 0.225 e. The molecule has 0 saturated heterocycles. The molecule has 0 fully saturated rings. The van der Waals surface area contributed by atoms with Crippen molar-refractivity contribution in [3.63, 3.8) is 0 Å². The van der Waals surface area contributed by atoms with Crippen molar-refractivity contribution in [2.24, 2.45) is 10.1 Å². The van der Waals surface area contributed by atoms with Gasteiger partial charge in [0.2, 0.25) is 5.96 Å². The summed E-state index contributed by atoms with van der Waals surface area (Å²) in [6.45, 7) is 4.86. The largest absolute Gasteiger partial charge is 0.295 e. The van der Waals surface area contributed by atoms with E-state index >= 15 is 0 Å². The standard InChI is InChI=1S/C17H20N4S2/c1-3-18-17(20-23-14-7-4-6-13(2)12-14)21-15(9-10-19-21)16-8-5-11-22-16/h4-8,10-12,15H,3,9H2,1-2H3,(H,18,20). The van der Waals surface area contributed by atoms with E-state index in [9.17, 15) is 0 Å². The Balaban J connectivity index is 1.73. The molecule has 0 bridgehead atoms. The van der Waals surface area contributed by atoms with E-state index in [1.54, 1.807) is 23.3 Å². The molecular weight excluding hydrogens is 324 g/mol. The molecule has 1 aliphatic rings. The second kappa shape index (κ2) is 7.66. The fourth-order valence-electron chi connectivity index (χ4n) is 2.42. The van der Waals surface area contributed by atoms with Crippen LogP contribution in [0.15, 0.2) is 56.8 Å². The maximum atomic E-state index is 4.61. The van der Waals surface area contributed by atoms with Crippen LogP contribution in [0.2, 0.25) is 0 Å². The first kappa shape index (κ1) is 16.1. The predicted octanol–water partition coefficient (Wildman–Crippen LogP) is 4.46. The molecule has 2 aromatic rings. The molecule has 120 valence electrons. The highest BCUT2D eigenvalue weighted by atomic mass is 32.2. The molecule has 1 unspecified atom stereocenters. The summed E-state index contributed by atoms with van der Waals surface area (Å²) >= 11 is 3.34. The van der Waals surface area contributed by atoms with Gasteiger partial charge in [-0.25, -0.2) is 5.01 Å². The zero-order valence-corrected chi connectivity index (χ0v) is 14.9. The number of hydrogen-bond donors (Lipinski definition) is 1. The van der Waals surface area contributed by atoms with E-state index in [2.05, 4.69) is 63.5 Å². The van der Waals surface area contributed by atoms with Gasteiger partial charge in [-0.2, -0.15) is 5.10 Å². The summed E-state index contributed by atoms with van der Waals surface area (Å²) in [5.41, 5.74) is 1.25. The van der Waals surface area contributed by atoms with E-state index in [1.165, 1.54) is 15.3 Å². The first-order valence-corrected chi connectivity index (χ1v) is 9.36. The summed E-state index contributed by atoms with van der Waals surface area (Å²) in [4.78, 5) is 7.09. The normalized spacial score (nSPS) is 17.7. The Morgan fingerprint density at radius 1 is 1.43 bits per heavy atom. The molecule has 23 heavy (non-hydrogen) atoms. The highest BCUT2D eigenvalue weighted by Crippen LogP contribution is 2.31. The Kier molecular flexibility index (Phi) is 5.35. The van der Waals surface area contributed by atoms with Gasteiger partial charge in [-0.1, -0.05) is 18.2 Å². The van der Waals surface area contributed by atoms with Crippen LogP contribution in [0.1, 0.15) is 29.8 Å². The quantitative estimate of drug-likeness (QED) is 0.506. The lowest BCUT2D eigenvalue weighted by Crippen LogP contribution is -2.35. The summed E-state index contributed by atoms with van der Waals surface area (Å²) in [5, 5.41) is 8.64. The zero-order valence-electron chi connectivity index (χ0n) is 13.3. The van der Waals surface area contributed by atoms with Gasteiger partial charge in [-0.3, -0.25) is 9.71 Å². The van der Waals surface area contributed by atoms with Gasteiger partial charge >= 0.3 is 0 Å². The van der Waals surface area contributed by atoms with Gasteiger partial charge < -0.3 is 0 Å². The second-order valence-electron chi connectivity index (χ2n) is 5.23. The lowest BCUT2D eigenvalue weighted by atomic mass is 10.2. The van der Waals surface area contributed by atoms with E-state index in [0.717, 1.165) is 18.9 Å². The average molecular weight is 345 g/mol. The van der Waals surface area contributed by atoms with Crippen molar-refractivity contribution >= 4 is 35.5 Å². The topological polar surface area (TPSA) is 40.0 Å². The highest BCUT2D eigenvalue weighted by Gasteiger charge is 2.27. The SMILES string of the molecule is CCN=C(NSc1cccc(C)c1)N1N=CCC1c1cccs1. The summed E-state index contributed by atoms with van der Waals surface area (Å²) in [5.74, 6) is 0.811. The molecule has 0 amide bonds. The molecule has 1 aliphatic heterocycles. The van der Waals surface area contributed by atoms with E-state index in [1.807, 2.05) is 18.1 Å². The minimum atomic E-state index is 0.242. The van der Waals surface area contributed by atoms with Gasteiger partial charge in [0.05, 0.1) is 6.04 Å². The lowest BCUT2D eigenvalue weighted by molar-refractivity contribution is 0.367. The Labute approximate surface area is 145 Å². The summed E-state index contributed by atoms with van der Waals surface area (Å²) in [6.07, 6.45) is 2.88. The number of guanidine groups is 1. The third kappa shape index (κ3) is 3.95. The van der Waals surface area contributed by atoms with Crippen LogP contribution >= 0.6 is 23.3 Å². The van der Waals surface area contributed by atoms with Crippen molar-refractivity contribution < 1.29 is 0 Å². The molecule has 1 aromatic heterocycles. The van der Waals surface area contributed by atoms with Crippen LogP contribution in [0.4, 0.5) is 0 Å². The van der Waals surface area contributed by atoms with Crippen LogP contribution in [0, 0.1) is 6.92 Å². The Hall–Kier alpha value is -1.79. The van der Waals surface area contributed by atoms with E-state index in [0.29, 0.717) is 0 Å². The van der Waals surface area contributed by atoms with Crippen LogP contribution < -0.4 is 4.72 Å². The zero-order chi connectivity index (χ0) is 16.1. The van der Waals surface area contributed by atoms with Crippen molar-refractivity contribution in [1.82, 2.24) is 9.73 Å². The number of thiophene rings is 1. The molecular formula is C17H20N4S2. The second-order valence-corrected chi connectivity index (χ2v) is 7.09. The molecule has 3 rings (SSSR count). The minimum Gasteiger partial charge on any atom is -0.295 e. The summed E-state index contributed by atoms with van der Waals surface area (Å²) in [7, 11) is 0. The third-order valence-corrected chi connectivity index (χ3v) is 5.22. The first-order valence-electron chi connectivity index (χ1n) is 7.67. The summed E-state index contributed by atoms with van der Waals surface area (Å²) < 4.78 is 3.38. The van der Waals surface area contributed by atoms with Crippen molar-refractivity contribution in [3.05, 3.63) is 52.2 Å². The summed E-state index contributed by atoms with van der Waals surface area (Å²) in [6, 6.07) is 12.9. The fourth-order valence-corrected chi connectivity index (χ4v) is 4.00. The Morgan fingerprint density at radius 2 is 2.35 bits per heavy atom.